The van der Waals surface area contributed by atoms with Crippen LogP contribution in [-0.4, -0.2) is 24.5 Å². The van der Waals surface area contributed by atoms with Gasteiger partial charge in [-0.05, 0) is 65.4 Å². The van der Waals surface area contributed by atoms with Crippen LogP contribution in [0, 0.1) is 0 Å². The smallest absolute Gasteiger partial charge is 0.164 e. The van der Waals surface area contributed by atoms with E-state index >= 15 is 0 Å². The molecule has 270 valence electrons. The Balaban J connectivity index is 1.02. The van der Waals surface area contributed by atoms with Crippen molar-refractivity contribution in [2.45, 2.75) is 0 Å². The molecule has 0 N–H and O–H groups in total. The Labute approximate surface area is 332 Å². The number of furan rings is 1. The monoisotopic (exact) mass is 741 g/mol. The van der Waals surface area contributed by atoms with E-state index in [9.17, 15) is 0 Å². The van der Waals surface area contributed by atoms with Gasteiger partial charge in [-0.15, -0.1) is 0 Å². The molecule has 6 nitrogen and oxygen atoms in total. The van der Waals surface area contributed by atoms with Gasteiger partial charge in [0.2, 0.25) is 0 Å². The van der Waals surface area contributed by atoms with Crippen molar-refractivity contribution in [3.63, 3.8) is 0 Å². The summed E-state index contributed by atoms with van der Waals surface area (Å²) in [7, 11) is 0. The minimum atomic E-state index is 0.574. The quantitative estimate of drug-likeness (QED) is 0.164. The third-order valence-electron chi connectivity index (χ3n) is 11.2. The van der Waals surface area contributed by atoms with E-state index in [-0.39, 0.29) is 0 Å². The van der Waals surface area contributed by atoms with Crippen molar-refractivity contribution in [2.24, 2.45) is 0 Å². The van der Waals surface area contributed by atoms with Gasteiger partial charge in [0.05, 0.1) is 16.6 Å². The standard InChI is InChI=1S/C52H31N5O/c1-2-14-33(15-3-1)50-54-51(34-25-28-37(29-26-34)57-43-22-9-6-19-39(43)40-20-7-10-23-44(40)57)56-52(55-50)36-17-12-16-35(31-36)48-49-47(41-21-8-11-24-45(41)58-49)46-38-18-5-4-13-32(38)27-30-42(46)53-48/h1-31H. The lowest BCUT2D eigenvalue weighted by Gasteiger charge is -2.12. The Hall–Kier alpha value is -7.96. The van der Waals surface area contributed by atoms with E-state index < -0.39 is 0 Å². The van der Waals surface area contributed by atoms with Crippen LogP contribution in [0.15, 0.2) is 192 Å². The summed E-state index contributed by atoms with van der Waals surface area (Å²) in [5.41, 5.74) is 10.2. The molecule has 0 aliphatic carbocycles. The molecule has 0 saturated carbocycles. The van der Waals surface area contributed by atoms with Gasteiger partial charge >= 0.3 is 0 Å². The lowest BCUT2D eigenvalue weighted by atomic mass is 9.98. The van der Waals surface area contributed by atoms with Gasteiger partial charge in [0.25, 0.3) is 0 Å². The van der Waals surface area contributed by atoms with Crippen molar-refractivity contribution in [3.8, 4) is 51.1 Å². The molecule has 8 aromatic carbocycles. The van der Waals surface area contributed by atoms with Crippen LogP contribution in [0.1, 0.15) is 0 Å². The molecule has 0 radical (unpaired) electrons. The number of nitrogens with zero attached hydrogens (tertiary/aromatic N) is 5. The Morgan fingerprint density at radius 3 is 1.69 bits per heavy atom. The van der Waals surface area contributed by atoms with E-state index in [1.54, 1.807) is 0 Å². The zero-order valence-electron chi connectivity index (χ0n) is 31.0. The molecule has 0 spiro atoms. The fraction of sp³-hybridized carbons (Fsp3) is 0. The average molecular weight is 742 g/mol. The van der Waals surface area contributed by atoms with Gasteiger partial charge in [-0.25, -0.2) is 19.9 Å². The molecular formula is C52H31N5O. The summed E-state index contributed by atoms with van der Waals surface area (Å²) in [5.74, 6) is 1.77. The van der Waals surface area contributed by atoms with Crippen molar-refractivity contribution >= 4 is 65.4 Å². The van der Waals surface area contributed by atoms with Crippen molar-refractivity contribution in [2.75, 3.05) is 0 Å². The van der Waals surface area contributed by atoms with E-state index in [0.717, 1.165) is 71.9 Å². The Morgan fingerprint density at radius 1 is 0.379 bits per heavy atom. The highest BCUT2D eigenvalue weighted by Gasteiger charge is 2.21. The van der Waals surface area contributed by atoms with Crippen LogP contribution < -0.4 is 0 Å². The SMILES string of the molecule is c1ccc(-c2nc(-c3ccc(-n4c5ccccc5c5ccccc54)cc3)nc(-c3cccc(-c4nc5ccc6ccccc6c5c5c4oc4ccccc45)c3)n2)cc1. The first-order valence-electron chi connectivity index (χ1n) is 19.4. The Bertz CT molecular complexity index is 3510. The predicted molar refractivity (Wildman–Crippen MR) is 236 cm³/mol. The molecule has 0 atom stereocenters. The molecule has 0 aliphatic heterocycles. The van der Waals surface area contributed by atoms with Crippen LogP contribution in [0.2, 0.25) is 0 Å². The van der Waals surface area contributed by atoms with E-state index in [4.69, 9.17) is 24.4 Å². The third kappa shape index (κ3) is 5.05. The van der Waals surface area contributed by atoms with Crippen LogP contribution in [-0.2, 0) is 0 Å². The van der Waals surface area contributed by atoms with E-state index in [0.29, 0.717) is 17.5 Å². The van der Waals surface area contributed by atoms with Gasteiger partial charge in [0, 0.05) is 54.9 Å². The van der Waals surface area contributed by atoms with Crippen molar-refractivity contribution in [3.05, 3.63) is 188 Å². The fourth-order valence-corrected chi connectivity index (χ4v) is 8.56. The van der Waals surface area contributed by atoms with Gasteiger partial charge in [0.15, 0.2) is 23.1 Å². The second-order valence-corrected chi connectivity index (χ2v) is 14.6. The van der Waals surface area contributed by atoms with Crippen molar-refractivity contribution in [1.82, 2.24) is 24.5 Å². The van der Waals surface area contributed by atoms with Gasteiger partial charge in [-0.1, -0.05) is 133 Å². The summed E-state index contributed by atoms with van der Waals surface area (Å²) >= 11 is 0. The largest absolute Gasteiger partial charge is 0.454 e. The van der Waals surface area contributed by atoms with E-state index in [1.165, 1.54) is 27.2 Å². The number of rotatable bonds is 5. The molecule has 4 heterocycles. The summed E-state index contributed by atoms with van der Waals surface area (Å²) < 4.78 is 8.99. The maximum absolute atomic E-state index is 6.67. The van der Waals surface area contributed by atoms with Gasteiger partial charge < -0.3 is 8.98 Å². The number of pyridine rings is 1. The molecule has 0 unspecified atom stereocenters. The predicted octanol–water partition coefficient (Wildman–Crippen LogP) is 13.2. The molecule has 4 aromatic heterocycles. The highest BCUT2D eigenvalue weighted by atomic mass is 16.3. The molecule has 12 rings (SSSR count). The molecule has 0 saturated heterocycles. The lowest BCUT2D eigenvalue weighted by Crippen LogP contribution is -2.01. The first kappa shape index (κ1) is 32.3. The number of hydrogen-bond acceptors (Lipinski definition) is 5. The van der Waals surface area contributed by atoms with Crippen LogP contribution in [0.4, 0.5) is 0 Å². The van der Waals surface area contributed by atoms with Gasteiger partial charge in [-0.3, -0.25) is 0 Å². The second-order valence-electron chi connectivity index (χ2n) is 14.6. The van der Waals surface area contributed by atoms with Gasteiger partial charge in [0.1, 0.15) is 11.3 Å². The second kappa shape index (κ2) is 12.8. The average Bonchev–Trinajstić information content (AvgIpc) is 3.85. The molecule has 0 fully saturated rings. The highest BCUT2D eigenvalue weighted by molar-refractivity contribution is 6.27. The molecular weight excluding hydrogens is 711 g/mol. The Morgan fingerprint density at radius 2 is 0.948 bits per heavy atom. The van der Waals surface area contributed by atoms with E-state index in [1.807, 2.05) is 54.6 Å². The topological polar surface area (TPSA) is 69.6 Å². The van der Waals surface area contributed by atoms with Crippen LogP contribution in [0.3, 0.4) is 0 Å². The Kier molecular flexibility index (Phi) is 7.13. The molecule has 6 heteroatoms. The van der Waals surface area contributed by atoms with Crippen molar-refractivity contribution < 1.29 is 4.42 Å². The minimum Gasteiger partial charge on any atom is -0.454 e. The number of aromatic nitrogens is 5. The summed E-state index contributed by atoms with van der Waals surface area (Å²) in [6, 6.07) is 64.9. The first-order valence-corrected chi connectivity index (χ1v) is 19.4. The summed E-state index contributed by atoms with van der Waals surface area (Å²) in [5, 5.41) is 8.00. The highest BCUT2D eigenvalue weighted by Crippen LogP contribution is 2.42. The maximum Gasteiger partial charge on any atom is 0.164 e. The number of fused-ring (bicyclic) bond motifs is 10. The fourth-order valence-electron chi connectivity index (χ4n) is 8.56. The van der Waals surface area contributed by atoms with Gasteiger partial charge in [-0.2, -0.15) is 0 Å². The first-order chi connectivity index (χ1) is 28.7. The zero-order chi connectivity index (χ0) is 38.2. The number of benzene rings is 8. The zero-order valence-corrected chi connectivity index (χ0v) is 31.0. The number of para-hydroxylation sites is 3. The maximum atomic E-state index is 6.67. The summed E-state index contributed by atoms with van der Waals surface area (Å²) in [4.78, 5) is 20.5. The normalized spacial score (nSPS) is 11.8. The minimum absolute atomic E-state index is 0.574. The molecule has 12 aromatic rings. The lowest BCUT2D eigenvalue weighted by molar-refractivity contribution is 0.669. The summed E-state index contributed by atoms with van der Waals surface area (Å²) in [6.07, 6.45) is 0. The third-order valence-corrected chi connectivity index (χ3v) is 11.2. The van der Waals surface area contributed by atoms with Crippen molar-refractivity contribution in [1.29, 1.82) is 0 Å². The molecule has 0 bridgehead atoms. The van der Waals surface area contributed by atoms with Crippen LogP contribution in [0.5, 0.6) is 0 Å². The molecule has 0 aliphatic rings. The van der Waals surface area contributed by atoms with Crippen LogP contribution in [0.25, 0.3) is 117 Å². The molecule has 0 amide bonds. The van der Waals surface area contributed by atoms with Crippen LogP contribution >= 0.6 is 0 Å². The molecule has 58 heavy (non-hydrogen) atoms. The summed E-state index contributed by atoms with van der Waals surface area (Å²) in [6.45, 7) is 0. The number of hydrogen-bond donors (Lipinski definition) is 0. The van der Waals surface area contributed by atoms with E-state index in [2.05, 4.69) is 138 Å².